The average Bonchev–Trinajstić information content (AvgIpc) is 2.54. The van der Waals surface area contributed by atoms with Crippen LogP contribution in [0.1, 0.15) is 22.8 Å². The summed E-state index contributed by atoms with van der Waals surface area (Å²) in [5.41, 5.74) is 3.10. The van der Waals surface area contributed by atoms with Crippen molar-refractivity contribution in [3.8, 4) is 11.5 Å². The SMILES string of the molecule is COc1cc(CNCC(O)c2ccccc2C)cc(OC)c1. The minimum atomic E-state index is -0.520. The van der Waals surface area contributed by atoms with Crippen molar-refractivity contribution in [2.45, 2.75) is 19.6 Å². The van der Waals surface area contributed by atoms with Gasteiger partial charge in [0.2, 0.25) is 0 Å². The van der Waals surface area contributed by atoms with E-state index in [4.69, 9.17) is 9.47 Å². The molecule has 2 rings (SSSR count). The summed E-state index contributed by atoms with van der Waals surface area (Å²) in [4.78, 5) is 0. The van der Waals surface area contributed by atoms with Gasteiger partial charge in [0.05, 0.1) is 20.3 Å². The van der Waals surface area contributed by atoms with Gasteiger partial charge in [-0.05, 0) is 35.7 Å². The van der Waals surface area contributed by atoms with Gasteiger partial charge in [-0.2, -0.15) is 0 Å². The lowest BCUT2D eigenvalue weighted by Gasteiger charge is -2.15. The summed E-state index contributed by atoms with van der Waals surface area (Å²) in [5.74, 6) is 1.52. The zero-order valence-electron chi connectivity index (χ0n) is 13.3. The lowest BCUT2D eigenvalue weighted by Crippen LogP contribution is -2.21. The van der Waals surface area contributed by atoms with Gasteiger partial charge in [-0.1, -0.05) is 24.3 Å². The maximum absolute atomic E-state index is 10.3. The number of methoxy groups -OCH3 is 2. The monoisotopic (exact) mass is 301 g/mol. The van der Waals surface area contributed by atoms with Crippen molar-refractivity contribution in [1.82, 2.24) is 5.32 Å². The Bertz CT molecular complexity index is 591. The average molecular weight is 301 g/mol. The highest BCUT2D eigenvalue weighted by atomic mass is 16.5. The van der Waals surface area contributed by atoms with Gasteiger partial charge < -0.3 is 19.9 Å². The maximum atomic E-state index is 10.3. The van der Waals surface area contributed by atoms with Gasteiger partial charge >= 0.3 is 0 Å². The summed E-state index contributed by atoms with van der Waals surface area (Å²) >= 11 is 0. The highest BCUT2D eigenvalue weighted by molar-refractivity contribution is 5.38. The third-order valence-corrected chi connectivity index (χ3v) is 3.63. The number of benzene rings is 2. The molecule has 0 spiro atoms. The molecule has 0 saturated carbocycles. The predicted octanol–water partition coefficient (Wildman–Crippen LogP) is 2.84. The second-order valence-electron chi connectivity index (χ2n) is 5.22. The van der Waals surface area contributed by atoms with E-state index in [0.29, 0.717) is 13.1 Å². The molecule has 1 unspecified atom stereocenters. The number of rotatable bonds is 7. The third kappa shape index (κ3) is 4.23. The van der Waals surface area contributed by atoms with Gasteiger partial charge in [0.25, 0.3) is 0 Å². The van der Waals surface area contributed by atoms with Crippen LogP contribution in [0.5, 0.6) is 11.5 Å². The largest absolute Gasteiger partial charge is 0.497 e. The van der Waals surface area contributed by atoms with Crippen molar-refractivity contribution in [3.63, 3.8) is 0 Å². The van der Waals surface area contributed by atoms with Gasteiger partial charge in [0.15, 0.2) is 0 Å². The lowest BCUT2D eigenvalue weighted by molar-refractivity contribution is 0.173. The molecule has 0 bridgehead atoms. The molecule has 0 amide bonds. The second-order valence-corrected chi connectivity index (χ2v) is 5.22. The summed E-state index contributed by atoms with van der Waals surface area (Å²) in [6.45, 7) is 3.13. The van der Waals surface area contributed by atoms with E-state index in [1.54, 1.807) is 14.2 Å². The molecule has 1 atom stereocenters. The Morgan fingerprint density at radius 1 is 1.05 bits per heavy atom. The summed E-state index contributed by atoms with van der Waals surface area (Å²) < 4.78 is 10.5. The molecule has 0 radical (unpaired) electrons. The first-order valence-corrected chi connectivity index (χ1v) is 7.30. The molecule has 2 N–H and O–H groups in total. The minimum Gasteiger partial charge on any atom is -0.497 e. The summed E-state index contributed by atoms with van der Waals surface area (Å²) in [6.07, 6.45) is -0.520. The van der Waals surface area contributed by atoms with Crippen molar-refractivity contribution in [2.24, 2.45) is 0 Å². The van der Waals surface area contributed by atoms with E-state index in [1.165, 1.54) is 0 Å². The van der Waals surface area contributed by atoms with Gasteiger partial charge in [-0.15, -0.1) is 0 Å². The van der Waals surface area contributed by atoms with Gasteiger partial charge in [-0.3, -0.25) is 0 Å². The van der Waals surface area contributed by atoms with E-state index < -0.39 is 6.10 Å². The van der Waals surface area contributed by atoms with Crippen LogP contribution >= 0.6 is 0 Å². The Morgan fingerprint density at radius 2 is 1.68 bits per heavy atom. The number of nitrogens with one attached hydrogen (secondary N) is 1. The predicted molar refractivity (Wildman–Crippen MR) is 87.4 cm³/mol. The lowest BCUT2D eigenvalue weighted by atomic mass is 10.0. The number of ether oxygens (including phenoxy) is 2. The molecule has 2 aromatic rings. The van der Waals surface area contributed by atoms with Crippen LogP contribution in [0.4, 0.5) is 0 Å². The normalized spacial score (nSPS) is 12.0. The maximum Gasteiger partial charge on any atom is 0.122 e. The van der Waals surface area contributed by atoms with Crippen LogP contribution in [-0.2, 0) is 6.54 Å². The molecule has 0 aliphatic rings. The molecular formula is C18H23NO3. The second kappa shape index (κ2) is 7.82. The van der Waals surface area contributed by atoms with Crippen LogP contribution in [0.2, 0.25) is 0 Å². The smallest absolute Gasteiger partial charge is 0.122 e. The van der Waals surface area contributed by atoms with Gasteiger partial charge in [0, 0.05) is 19.2 Å². The van der Waals surface area contributed by atoms with Crippen molar-refractivity contribution in [2.75, 3.05) is 20.8 Å². The highest BCUT2D eigenvalue weighted by Crippen LogP contribution is 2.22. The van der Waals surface area contributed by atoms with E-state index in [0.717, 1.165) is 28.2 Å². The quantitative estimate of drug-likeness (QED) is 0.825. The Hall–Kier alpha value is -2.04. The molecule has 22 heavy (non-hydrogen) atoms. The Kier molecular flexibility index (Phi) is 5.81. The topological polar surface area (TPSA) is 50.7 Å². The first-order chi connectivity index (χ1) is 10.6. The van der Waals surface area contributed by atoms with E-state index in [-0.39, 0.29) is 0 Å². The number of hydrogen-bond donors (Lipinski definition) is 2. The summed E-state index contributed by atoms with van der Waals surface area (Å²) in [7, 11) is 3.27. The van der Waals surface area contributed by atoms with Gasteiger partial charge in [-0.25, -0.2) is 0 Å². The van der Waals surface area contributed by atoms with Crippen molar-refractivity contribution in [3.05, 3.63) is 59.2 Å². The molecule has 0 saturated heterocycles. The fourth-order valence-electron chi connectivity index (χ4n) is 2.39. The number of aliphatic hydroxyl groups is 1. The third-order valence-electron chi connectivity index (χ3n) is 3.63. The summed E-state index contributed by atoms with van der Waals surface area (Å²) in [6, 6.07) is 13.6. The Balaban J connectivity index is 1.95. The Morgan fingerprint density at radius 3 is 2.27 bits per heavy atom. The molecule has 0 aliphatic heterocycles. The van der Waals surface area contributed by atoms with Crippen molar-refractivity contribution >= 4 is 0 Å². The first kappa shape index (κ1) is 16.3. The Labute approximate surface area is 131 Å². The van der Waals surface area contributed by atoms with E-state index >= 15 is 0 Å². The van der Waals surface area contributed by atoms with E-state index in [1.807, 2.05) is 49.4 Å². The number of aliphatic hydroxyl groups excluding tert-OH is 1. The molecule has 0 aromatic heterocycles. The number of aryl methyl sites for hydroxylation is 1. The van der Waals surface area contributed by atoms with Crippen LogP contribution in [0.25, 0.3) is 0 Å². The molecular weight excluding hydrogens is 278 g/mol. The molecule has 2 aromatic carbocycles. The molecule has 118 valence electrons. The molecule has 0 aliphatic carbocycles. The zero-order chi connectivity index (χ0) is 15.9. The van der Waals surface area contributed by atoms with Crippen LogP contribution in [0.3, 0.4) is 0 Å². The minimum absolute atomic E-state index is 0.490. The van der Waals surface area contributed by atoms with Crippen molar-refractivity contribution < 1.29 is 14.6 Å². The van der Waals surface area contributed by atoms with Gasteiger partial charge in [0.1, 0.15) is 11.5 Å². The first-order valence-electron chi connectivity index (χ1n) is 7.30. The fraction of sp³-hybridized carbons (Fsp3) is 0.333. The fourth-order valence-corrected chi connectivity index (χ4v) is 2.39. The number of hydrogen-bond acceptors (Lipinski definition) is 4. The molecule has 0 heterocycles. The summed E-state index contributed by atoms with van der Waals surface area (Å²) in [5, 5.41) is 13.5. The van der Waals surface area contributed by atoms with E-state index in [9.17, 15) is 5.11 Å². The van der Waals surface area contributed by atoms with Crippen LogP contribution < -0.4 is 14.8 Å². The molecule has 4 nitrogen and oxygen atoms in total. The highest BCUT2D eigenvalue weighted by Gasteiger charge is 2.09. The van der Waals surface area contributed by atoms with Crippen LogP contribution in [0.15, 0.2) is 42.5 Å². The van der Waals surface area contributed by atoms with Crippen LogP contribution in [0, 0.1) is 6.92 Å². The van der Waals surface area contributed by atoms with E-state index in [2.05, 4.69) is 5.32 Å². The zero-order valence-corrected chi connectivity index (χ0v) is 13.3. The molecule has 0 fully saturated rings. The van der Waals surface area contributed by atoms with Crippen LogP contribution in [-0.4, -0.2) is 25.9 Å². The van der Waals surface area contributed by atoms with Crippen molar-refractivity contribution in [1.29, 1.82) is 0 Å². The molecule has 4 heteroatoms. The standard InChI is InChI=1S/C18H23NO3/c1-13-6-4-5-7-17(13)18(20)12-19-11-14-8-15(21-2)10-16(9-14)22-3/h4-10,18-20H,11-12H2,1-3H3.